The van der Waals surface area contributed by atoms with E-state index >= 15 is 0 Å². The van der Waals surface area contributed by atoms with Gasteiger partial charge >= 0.3 is 0 Å². The van der Waals surface area contributed by atoms with E-state index in [1.165, 1.54) is 16.9 Å². The fraction of sp³-hybridized carbons (Fsp3) is 0.467. The monoisotopic (exact) mass is 378 g/mol. The summed E-state index contributed by atoms with van der Waals surface area (Å²) >= 11 is 5.64. The van der Waals surface area contributed by atoms with Gasteiger partial charge in [0.1, 0.15) is 11.5 Å². The lowest BCUT2D eigenvalue weighted by Gasteiger charge is -2.24. The second kappa shape index (κ2) is 7.57. The summed E-state index contributed by atoms with van der Waals surface area (Å²) in [6.45, 7) is 0.950. The zero-order valence-electron chi connectivity index (χ0n) is 12.9. The number of pyridine rings is 1. The van der Waals surface area contributed by atoms with Crippen LogP contribution in [0.1, 0.15) is 30.7 Å². The Balaban J connectivity index is 1.96. The van der Waals surface area contributed by atoms with Crippen LogP contribution in [0.2, 0.25) is 5.15 Å². The van der Waals surface area contributed by atoms with Gasteiger partial charge in [0.15, 0.2) is 11.0 Å². The maximum atomic E-state index is 14.1. The number of nitrogens with one attached hydrogen (secondary N) is 1. The molecule has 1 aliphatic rings. The number of hydrogen-bond acceptors (Lipinski definition) is 4. The topological polar surface area (TPSA) is 52.0 Å². The van der Waals surface area contributed by atoms with E-state index in [2.05, 4.69) is 15.4 Å². The van der Waals surface area contributed by atoms with Gasteiger partial charge in [-0.05, 0) is 18.9 Å². The van der Waals surface area contributed by atoms with Gasteiger partial charge in [-0.3, -0.25) is 0 Å². The third kappa shape index (κ3) is 3.87. The summed E-state index contributed by atoms with van der Waals surface area (Å²) in [4.78, 5) is 3.60. The number of rotatable bonds is 5. The molecular weight excluding hydrogens is 364 g/mol. The van der Waals surface area contributed by atoms with E-state index in [-0.39, 0.29) is 22.7 Å². The minimum atomic E-state index is -3.20. The van der Waals surface area contributed by atoms with Crippen LogP contribution in [-0.2, 0) is 4.74 Å². The van der Waals surface area contributed by atoms with Crippen LogP contribution < -0.4 is 5.32 Å². The van der Waals surface area contributed by atoms with Crippen molar-refractivity contribution in [3.63, 3.8) is 0 Å². The predicted octanol–water partition coefficient (Wildman–Crippen LogP) is 4.44. The molecule has 0 saturated carbocycles. The van der Waals surface area contributed by atoms with Crippen molar-refractivity contribution in [3.8, 4) is 0 Å². The van der Waals surface area contributed by atoms with Crippen LogP contribution in [0, 0.1) is 5.82 Å². The Morgan fingerprint density at radius 1 is 1.28 bits per heavy atom. The van der Waals surface area contributed by atoms with E-state index in [0.717, 1.165) is 6.07 Å². The third-order valence-corrected chi connectivity index (χ3v) is 4.17. The molecule has 1 atom stereocenters. The Hall–Kier alpha value is -1.87. The van der Waals surface area contributed by atoms with Crippen molar-refractivity contribution in [2.24, 2.45) is 0 Å². The molecule has 136 valence electrons. The fourth-order valence-electron chi connectivity index (χ4n) is 2.63. The zero-order valence-corrected chi connectivity index (χ0v) is 13.7. The minimum Gasteiger partial charge on any atom is -0.381 e. The average Bonchev–Trinajstić information content (AvgIpc) is 3.02. The van der Waals surface area contributed by atoms with Crippen LogP contribution in [0.5, 0.6) is 0 Å². The molecule has 2 aromatic rings. The molecule has 2 aromatic heterocycles. The second-order valence-corrected chi connectivity index (χ2v) is 5.93. The summed E-state index contributed by atoms with van der Waals surface area (Å²) in [6.07, 6.45) is -3.26. The summed E-state index contributed by atoms with van der Waals surface area (Å²) < 4.78 is 59.8. The van der Waals surface area contributed by atoms with Gasteiger partial charge < -0.3 is 10.1 Å². The first-order valence-corrected chi connectivity index (χ1v) is 8.01. The van der Waals surface area contributed by atoms with Gasteiger partial charge in [0.2, 0.25) is 6.17 Å². The summed E-state index contributed by atoms with van der Waals surface area (Å²) in [5.74, 6) is -0.595. The first-order chi connectivity index (χ1) is 12.0. The lowest BCUT2D eigenvalue weighted by atomic mass is 10.1. The van der Waals surface area contributed by atoms with E-state index in [1.54, 1.807) is 0 Å². The molecular formula is C15H15ClF4N4O. The first-order valence-electron chi connectivity index (χ1n) is 7.64. The Morgan fingerprint density at radius 3 is 2.68 bits per heavy atom. The second-order valence-electron chi connectivity index (χ2n) is 5.57. The molecule has 0 aromatic carbocycles. The van der Waals surface area contributed by atoms with Gasteiger partial charge in [0.25, 0.3) is 6.43 Å². The molecule has 1 aliphatic heterocycles. The van der Waals surface area contributed by atoms with Crippen LogP contribution in [0.25, 0.3) is 0 Å². The number of nitrogens with zero attached hydrogens (tertiary/aromatic N) is 3. The van der Waals surface area contributed by atoms with E-state index in [1.807, 2.05) is 0 Å². The van der Waals surface area contributed by atoms with Crippen molar-refractivity contribution < 1.29 is 22.3 Å². The Kier molecular flexibility index (Phi) is 5.43. The standard InChI is InChI=1S/C15H15ClF4N4O/c16-14-12(17)9(1-4-21-14)22-11-7-10(13(18)15(19)20)23-24(11)8-2-5-25-6-3-8/h1,4,7-8,13,15H,2-3,5-6H2,(H,21,22). The average molecular weight is 379 g/mol. The van der Waals surface area contributed by atoms with Gasteiger partial charge in [-0.2, -0.15) is 5.10 Å². The van der Waals surface area contributed by atoms with Crippen molar-refractivity contribution in [1.82, 2.24) is 14.8 Å². The van der Waals surface area contributed by atoms with E-state index < -0.39 is 24.1 Å². The van der Waals surface area contributed by atoms with Crippen molar-refractivity contribution in [1.29, 1.82) is 0 Å². The molecule has 10 heteroatoms. The molecule has 0 bridgehead atoms. The summed E-state index contributed by atoms with van der Waals surface area (Å²) in [7, 11) is 0. The molecule has 1 fully saturated rings. The molecule has 25 heavy (non-hydrogen) atoms. The van der Waals surface area contributed by atoms with Gasteiger partial charge in [0.05, 0.1) is 11.7 Å². The maximum Gasteiger partial charge on any atom is 0.275 e. The van der Waals surface area contributed by atoms with E-state index in [4.69, 9.17) is 16.3 Å². The molecule has 1 unspecified atom stereocenters. The molecule has 1 N–H and O–H groups in total. The fourth-order valence-corrected chi connectivity index (χ4v) is 2.79. The highest BCUT2D eigenvalue weighted by atomic mass is 35.5. The highest BCUT2D eigenvalue weighted by molar-refractivity contribution is 6.29. The van der Waals surface area contributed by atoms with E-state index in [0.29, 0.717) is 26.1 Å². The lowest BCUT2D eigenvalue weighted by molar-refractivity contribution is 0.0453. The van der Waals surface area contributed by atoms with Gasteiger partial charge in [0, 0.05) is 25.5 Å². The minimum absolute atomic E-state index is 0.00721. The number of ether oxygens (including phenoxy) is 1. The molecule has 3 rings (SSSR count). The molecule has 0 radical (unpaired) electrons. The summed E-state index contributed by atoms with van der Waals surface area (Å²) in [6, 6.07) is 2.32. The number of alkyl halides is 3. The lowest BCUT2D eigenvalue weighted by Crippen LogP contribution is -2.22. The van der Waals surface area contributed by atoms with Crippen LogP contribution in [0.15, 0.2) is 18.3 Å². The highest BCUT2D eigenvalue weighted by Gasteiger charge is 2.28. The van der Waals surface area contributed by atoms with Crippen LogP contribution in [-0.4, -0.2) is 34.4 Å². The number of hydrogen-bond donors (Lipinski definition) is 1. The van der Waals surface area contributed by atoms with Crippen molar-refractivity contribution >= 4 is 23.1 Å². The Bertz CT molecular complexity index is 736. The maximum absolute atomic E-state index is 14.1. The highest BCUT2D eigenvalue weighted by Crippen LogP contribution is 2.33. The summed E-state index contributed by atoms with van der Waals surface area (Å²) in [5.41, 5.74) is -0.420. The van der Waals surface area contributed by atoms with Gasteiger partial charge in [-0.25, -0.2) is 27.2 Å². The molecule has 0 spiro atoms. The van der Waals surface area contributed by atoms with Crippen LogP contribution in [0.4, 0.5) is 29.1 Å². The SMILES string of the molecule is Fc1c(Nc2cc(C(F)C(F)F)nn2C2CCOCC2)ccnc1Cl. The normalized spacial score (nSPS) is 17.0. The van der Waals surface area contributed by atoms with E-state index in [9.17, 15) is 17.6 Å². The quantitative estimate of drug-likeness (QED) is 0.617. The number of aromatic nitrogens is 3. The third-order valence-electron chi connectivity index (χ3n) is 3.90. The molecule has 3 heterocycles. The molecule has 1 saturated heterocycles. The molecule has 0 aliphatic carbocycles. The largest absolute Gasteiger partial charge is 0.381 e. The predicted molar refractivity (Wildman–Crippen MR) is 83.7 cm³/mol. The van der Waals surface area contributed by atoms with Crippen molar-refractivity contribution in [2.45, 2.75) is 31.5 Å². The van der Waals surface area contributed by atoms with Crippen LogP contribution in [0.3, 0.4) is 0 Å². The van der Waals surface area contributed by atoms with Crippen molar-refractivity contribution in [3.05, 3.63) is 35.0 Å². The Morgan fingerprint density at radius 2 is 2.00 bits per heavy atom. The number of halogens is 5. The van der Waals surface area contributed by atoms with Gasteiger partial charge in [-0.15, -0.1) is 0 Å². The van der Waals surface area contributed by atoms with Gasteiger partial charge in [-0.1, -0.05) is 11.6 Å². The first kappa shape index (κ1) is 17.9. The van der Waals surface area contributed by atoms with Crippen molar-refractivity contribution in [2.75, 3.05) is 18.5 Å². The summed E-state index contributed by atoms with van der Waals surface area (Å²) in [5, 5.41) is 6.38. The zero-order chi connectivity index (χ0) is 18.0. The molecule has 5 nitrogen and oxygen atoms in total. The van der Waals surface area contributed by atoms with Crippen LogP contribution >= 0.6 is 11.6 Å². The Labute approximate surface area is 145 Å². The number of anilines is 2. The molecule has 0 amide bonds. The smallest absolute Gasteiger partial charge is 0.275 e.